The fourth-order valence-electron chi connectivity index (χ4n) is 4.56. The number of fused-ring (bicyclic) bond motifs is 5. The van der Waals surface area contributed by atoms with Gasteiger partial charge in [-0.15, -0.1) is 0 Å². The topological polar surface area (TPSA) is 72.9 Å². The van der Waals surface area contributed by atoms with Crippen molar-refractivity contribution in [3.8, 4) is 11.5 Å². The molecule has 2 saturated carbocycles. The maximum atomic E-state index is 12.5. The SMILES string of the molecule is COc1ccc(OC(=O)CN2C(=O)[C@@H]3[C@H]4CC[C@@H](C4)[C@H]3C2=O)cc1. The fraction of sp³-hybridized carbons (Fsp3) is 0.500. The molecule has 1 aromatic carbocycles. The van der Waals surface area contributed by atoms with Crippen LogP contribution in [0.1, 0.15) is 19.3 Å². The molecule has 3 aliphatic rings. The number of nitrogens with zero attached hydrogens (tertiary/aromatic N) is 1. The molecule has 126 valence electrons. The number of esters is 1. The van der Waals surface area contributed by atoms with Crippen molar-refractivity contribution >= 4 is 17.8 Å². The van der Waals surface area contributed by atoms with E-state index in [9.17, 15) is 14.4 Å². The molecule has 24 heavy (non-hydrogen) atoms. The fourth-order valence-corrected chi connectivity index (χ4v) is 4.56. The van der Waals surface area contributed by atoms with Gasteiger partial charge in [-0.2, -0.15) is 0 Å². The van der Waals surface area contributed by atoms with Crippen LogP contribution in [0, 0.1) is 23.7 Å². The molecular weight excluding hydrogens is 310 g/mol. The van der Waals surface area contributed by atoms with Crippen molar-refractivity contribution < 1.29 is 23.9 Å². The normalized spacial score (nSPS) is 30.6. The van der Waals surface area contributed by atoms with Crippen LogP contribution in [0.5, 0.6) is 11.5 Å². The molecule has 0 radical (unpaired) electrons. The minimum atomic E-state index is -0.603. The number of ether oxygens (including phenoxy) is 2. The average molecular weight is 329 g/mol. The summed E-state index contributed by atoms with van der Waals surface area (Å²) in [6.45, 7) is -0.309. The molecule has 0 aromatic heterocycles. The number of methoxy groups -OCH3 is 1. The summed E-state index contributed by atoms with van der Waals surface area (Å²) in [5, 5.41) is 0. The molecule has 2 amide bonds. The van der Waals surface area contributed by atoms with Crippen molar-refractivity contribution in [2.45, 2.75) is 19.3 Å². The Bertz CT molecular complexity index is 670. The van der Waals surface area contributed by atoms with Gasteiger partial charge < -0.3 is 9.47 Å². The number of carbonyl (C=O) groups is 3. The Morgan fingerprint density at radius 1 is 1.04 bits per heavy atom. The average Bonchev–Trinajstić information content (AvgIpc) is 3.25. The van der Waals surface area contributed by atoms with E-state index in [1.54, 1.807) is 31.4 Å². The predicted molar refractivity (Wildman–Crippen MR) is 83.2 cm³/mol. The largest absolute Gasteiger partial charge is 0.497 e. The molecule has 1 saturated heterocycles. The number of likely N-dealkylation sites (tertiary alicyclic amines) is 1. The Morgan fingerprint density at radius 2 is 1.58 bits per heavy atom. The molecule has 0 N–H and O–H groups in total. The van der Waals surface area contributed by atoms with Crippen LogP contribution < -0.4 is 9.47 Å². The van der Waals surface area contributed by atoms with Crippen molar-refractivity contribution in [2.75, 3.05) is 13.7 Å². The summed E-state index contributed by atoms with van der Waals surface area (Å²) in [4.78, 5) is 38.3. The van der Waals surface area contributed by atoms with Gasteiger partial charge in [0.25, 0.3) is 0 Å². The maximum Gasteiger partial charge on any atom is 0.331 e. The van der Waals surface area contributed by atoms with E-state index in [0.717, 1.165) is 24.2 Å². The quantitative estimate of drug-likeness (QED) is 0.477. The number of benzene rings is 1. The number of carbonyl (C=O) groups excluding carboxylic acids is 3. The van der Waals surface area contributed by atoms with Crippen molar-refractivity contribution in [1.82, 2.24) is 4.90 Å². The van der Waals surface area contributed by atoms with Crippen LogP contribution in [-0.4, -0.2) is 36.3 Å². The highest BCUT2D eigenvalue weighted by Gasteiger charge is 2.61. The first-order valence-electron chi connectivity index (χ1n) is 8.28. The van der Waals surface area contributed by atoms with Gasteiger partial charge in [0, 0.05) is 0 Å². The summed E-state index contributed by atoms with van der Waals surface area (Å²) in [6, 6.07) is 6.58. The summed E-state index contributed by atoms with van der Waals surface area (Å²) in [5.74, 6) is 0.262. The lowest BCUT2D eigenvalue weighted by Crippen LogP contribution is -2.38. The van der Waals surface area contributed by atoms with Gasteiger partial charge in [0.15, 0.2) is 0 Å². The predicted octanol–water partition coefficient (Wildman–Crippen LogP) is 1.63. The molecular formula is C18H19NO5. The Kier molecular flexibility index (Phi) is 3.55. The van der Waals surface area contributed by atoms with E-state index in [2.05, 4.69) is 0 Å². The zero-order chi connectivity index (χ0) is 16.8. The first kappa shape index (κ1) is 15.2. The van der Waals surface area contributed by atoms with Gasteiger partial charge >= 0.3 is 5.97 Å². The summed E-state index contributed by atoms with van der Waals surface area (Å²) < 4.78 is 10.3. The highest BCUT2D eigenvalue weighted by atomic mass is 16.5. The third-order valence-electron chi connectivity index (χ3n) is 5.60. The third-order valence-corrected chi connectivity index (χ3v) is 5.60. The van der Waals surface area contributed by atoms with Crippen LogP contribution in [0.4, 0.5) is 0 Å². The first-order chi connectivity index (χ1) is 11.6. The number of hydrogen-bond acceptors (Lipinski definition) is 5. The van der Waals surface area contributed by atoms with Crippen molar-refractivity contribution in [3.05, 3.63) is 24.3 Å². The Morgan fingerprint density at radius 3 is 2.12 bits per heavy atom. The number of imide groups is 1. The molecule has 1 heterocycles. The van der Waals surface area contributed by atoms with E-state index in [0.29, 0.717) is 23.3 Å². The summed E-state index contributed by atoms with van der Waals surface area (Å²) in [7, 11) is 1.55. The zero-order valence-corrected chi connectivity index (χ0v) is 13.4. The summed E-state index contributed by atoms with van der Waals surface area (Å²) in [6.07, 6.45) is 3.03. The summed E-state index contributed by atoms with van der Waals surface area (Å²) >= 11 is 0. The van der Waals surface area contributed by atoms with Crippen LogP contribution in [0.25, 0.3) is 0 Å². The first-order valence-corrected chi connectivity index (χ1v) is 8.28. The van der Waals surface area contributed by atoms with Crippen LogP contribution in [0.3, 0.4) is 0 Å². The number of amides is 2. The maximum absolute atomic E-state index is 12.5. The lowest BCUT2D eigenvalue weighted by Gasteiger charge is -2.19. The van der Waals surface area contributed by atoms with E-state index < -0.39 is 5.97 Å². The molecule has 2 aliphatic carbocycles. The van der Waals surface area contributed by atoms with Crippen molar-refractivity contribution in [1.29, 1.82) is 0 Å². The second-order valence-electron chi connectivity index (χ2n) is 6.80. The van der Waals surface area contributed by atoms with Crippen LogP contribution >= 0.6 is 0 Å². The van der Waals surface area contributed by atoms with Gasteiger partial charge in [0.1, 0.15) is 18.0 Å². The molecule has 0 unspecified atom stereocenters. The molecule has 4 atom stereocenters. The second kappa shape index (κ2) is 5.61. The van der Waals surface area contributed by atoms with E-state index in [1.807, 2.05) is 0 Å². The molecule has 2 bridgehead atoms. The van der Waals surface area contributed by atoms with Gasteiger partial charge in [-0.25, -0.2) is 4.79 Å². The van der Waals surface area contributed by atoms with E-state index in [1.165, 1.54) is 0 Å². The van der Waals surface area contributed by atoms with Gasteiger partial charge in [-0.1, -0.05) is 0 Å². The van der Waals surface area contributed by atoms with E-state index >= 15 is 0 Å². The molecule has 6 heteroatoms. The molecule has 6 nitrogen and oxygen atoms in total. The lowest BCUT2D eigenvalue weighted by molar-refractivity contribution is -0.148. The zero-order valence-electron chi connectivity index (χ0n) is 13.4. The van der Waals surface area contributed by atoms with Gasteiger partial charge in [-0.3, -0.25) is 14.5 Å². The van der Waals surface area contributed by atoms with Gasteiger partial charge in [0.2, 0.25) is 11.8 Å². The van der Waals surface area contributed by atoms with Crippen molar-refractivity contribution in [2.24, 2.45) is 23.7 Å². The Hall–Kier alpha value is -2.37. The Labute approximate surface area is 139 Å². The van der Waals surface area contributed by atoms with Gasteiger partial charge in [0.05, 0.1) is 18.9 Å². The standard InChI is InChI=1S/C18H19NO5/c1-23-12-4-6-13(7-5-12)24-14(20)9-19-17(21)15-10-2-3-11(8-10)16(15)18(19)22/h4-7,10-11,15-16H,2-3,8-9H2,1H3/t10-,11-,15+,16+/m0/s1. The minimum Gasteiger partial charge on any atom is -0.497 e. The van der Waals surface area contributed by atoms with Crippen LogP contribution in [0.15, 0.2) is 24.3 Å². The lowest BCUT2D eigenvalue weighted by atomic mass is 9.81. The monoisotopic (exact) mass is 329 g/mol. The minimum absolute atomic E-state index is 0.191. The molecule has 1 aromatic rings. The highest BCUT2D eigenvalue weighted by molar-refractivity contribution is 6.07. The number of hydrogen-bond donors (Lipinski definition) is 0. The molecule has 1 aliphatic heterocycles. The van der Waals surface area contributed by atoms with Crippen molar-refractivity contribution in [3.63, 3.8) is 0 Å². The Balaban J connectivity index is 1.42. The molecule has 3 fully saturated rings. The molecule has 4 rings (SSSR count). The second-order valence-corrected chi connectivity index (χ2v) is 6.80. The molecule has 0 spiro atoms. The van der Waals surface area contributed by atoms with Gasteiger partial charge in [-0.05, 0) is 55.4 Å². The van der Waals surface area contributed by atoms with Crippen LogP contribution in [-0.2, 0) is 14.4 Å². The third kappa shape index (κ3) is 2.28. The summed E-state index contributed by atoms with van der Waals surface area (Å²) in [5.41, 5.74) is 0. The smallest absolute Gasteiger partial charge is 0.331 e. The number of rotatable bonds is 4. The highest BCUT2D eigenvalue weighted by Crippen LogP contribution is 2.56. The van der Waals surface area contributed by atoms with Crippen LogP contribution in [0.2, 0.25) is 0 Å². The van der Waals surface area contributed by atoms with E-state index in [-0.39, 0.29) is 30.2 Å². The van der Waals surface area contributed by atoms with E-state index in [4.69, 9.17) is 9.47 Å².